The molecule has 0 radical (unpaired) electrons. The minimum absolute atomic E-state index is 0.0706. The molecular formula is C16H22ClF3N4. The van der Waals surface area contributed by atoms with Crippen LogP contribution in [0.15, 0.2) is 12.3 Å². The van der Waals surface area contributed by atoms with E-state index in [1.165, 1.54) is 0 Å². The number of alkyl halides is 3. The summed E-state index contributed by atoms with van der Waals surface area (Å²) in [5, 5.41) is 0.0706. The van der Waals surface area contributed by atoms with E-state index in [2.05, 4.69) is 21.7 Å². The van der Waals surface area contributed by atoms with Gasteiger partial charge in [-0.05, 0) is 19.0 Å². The van der Waals surface area contributed by atoms with Crippen LogP contribution in [0.25, 0.3) is 0 Å². The van der Waals surface area contributed by atoms with Crippen molar-refractivity contribution in [3.8, 4) is 0 Å². The minimum Gasteiger partial charge on any atom is -0.354 e. The molecule has 1 atom stereocenters. The molecular weight excluding hydrogens is 341 g/mol. The van der Waals surface area contributed by atoms with Crippen molar-refractivity contribution in [2.75, 3.05) is 50.7 Å². The fourth-order valence-electron chi connectivity index (χ4n) is 3.50. The summed E-state index contributed by atoms with van der Waals surface area (Å²) >= 11 is 6.06. The van der Waals surface area contributed by atoms with E-state index in [-0.39, 0.29) is 5.02 Å². The molecule has 2 saturated heterocycles. The molecule has 0 aliphatic carbocycles. The first-order valence-corrected chi connectivity index (χ1v) is 8.70. The van der Waals surface area contributed by atoms with Crippen LogP contribution in [0.2, 0.25) is 5.02 Å². The second kappa shape index (κ2) is 7.06. The van der Waals surface area contributed by atoms with E-state index >= 15 is 0 Å². The summed E-state index contributed by atoms with van der Waals surface area (Å²) in [5.41, 5.74) is -0.803. The zero-order valence-corrected chi connectivity index (χ0v) is 14.4. The van der Waals surface area contributed by atoms with Gasteiger partial charge in [0, 0.05) is 51.5 Å². The van der Waals surface area contributed by atoms with E-state index in [0.29, 0.717) is 11.9 Å². The first kappa shape index (κ1) is 17.8. The zero-order chi connectivity index (χ0) is 17.3. The molecule has 1 aromatic heterocycles. The molecule has 0 aromatic carbocycles. The first-order valence-electron chi connectivity index (χ1n) is 8.32. The highest BCUT2D eigenvalue weighted by atomic mass is 35.5. The molecule has 0 amide bonds. The summed E-state index contributed by atoms with van der Waals surface area (Å²) in [5.74, 6) is 0.458. The Labute approximate surface area is 145 Å². The van der Waals surface area contributed by atoms with Gasteiger partial charge in [0.05, 0.1) is 10.6 Å². The summed E-state index contributed by atoms with van der Waals surface area (Å²) in [6.07, 6.45) is -2.55. The van der Waals surface area contributed by atoms with E-state index in [1.54, 1.807) is 0 Å². The molecule has 2 fully saturated rings. The third-order valence-corrected chi connectivity index (χ3v) is 5.26. The van der Waals surface area contributed by atoms with Gasteiger partial charge in [-0.1, -0.05) is 18.5 Å². The maximum Gasteiger partial charge on any atom is 0.417 e. The van der Waals surface area contributed by atoms with Gasteiger partial charge in [0.1, 0.15) is 5.82 Å². The van der Waals surface area contributed by atoms with Gasteiger partial charge in [-0.2, -0.15) is 13.2 Å². The lowest BCUT2D eigenvalue weighted by Gasteiger charge is -2.37. The average molecular weight is 363 g/mol. The highest BCUT2D eigenvalue weighted by Crippen LogP contribution is 2.34. The number of pyridine rings is 1. The quantitative estimate of drug-likeness (QED) is 0.824. The summed E-state index contributed by atoms with van der Waals surface area (Å²) in [6.45, 7) is 9.03. The summed E-state index contributed by atoms with van der Waals surface area (Å²) in [6, 6.07) is 1.39. The van der Waals surface area contributed by atoms with Gasteiger partial charge in [-0.25, -0.2) is 4.98 Å². The normalized spacial score (nSPS) is 23.9. The van der Waals surface area contributed by atoms with E-state index in [0.717, 1.165) is 64.5 Å². The summed E-state index contributed by atoms with van der Waals surface area (Å²) in [7, 11) is 0. The number of rotatable bonds is 3. The molecule has 3 rings (SSSR count). The second-order valence-corrected chi connectivity index (χ2v) is 6.79. The lowest BCUT2D eigenvalue weighted by Crippen LogP contribution is -2.50. The number of hydrogen-bond acceptors (Lipinski definition) is 4. The lowest BCUT2D eigenvalue weighted by atomic mass is 10.2. The van der Waals surface area contributed by atoms with Crippen molar-refractivity contribution in [3.05, 3.63) is 22.8 Å². The molecule has 134 valence electrons. The van der Waals surface area contributed by atoms with Crippen molar-refractivity contribution < 1.29 is 13.2 Å². The van der Waals surface area contributed by atoms with Crippen molar-refractivity contribution in [2.45, 2.75) is 25.6 Å². The Hall–Kier alpha value is -1.05. The topological polar surface area (TPSA) is 22.6 Å². The number of nitrogens with zero attached hydrogens (tertiary/aromatic N) is 4. The Kier molecular flexibility index (Phi) is 5.22. The molecule has 0 saturated carbocycles. The molecule has 24 heavy (non-hydrogen) atoms. The van der Waals surface area contributed by atoms with Crippen molar-refractivity contribution in [1.82, 2.24) is 14.8 Å². The molecule has 4 nitrogen and oxygen atoms in total. The van der Waals surface area contributed by atoms with E-state index in [9.17, 15) is 13.2 Å². The van der Waals surface area contributed by atoms with Gasteiger partial charge >= 0.3 is 6.18 Å². The lowest BCUT2D eigenvalue weighted by molar-refractivity contribution is -0.137. The van der Waals surface area contributed by atoms with Crippen LogP contribution in [0.5, 0.6) is 0 Å². The molecule has 3 heterocycles. The minimum atomic E-state index is -4.42. The molecule has 1 aromatic rings. The van der Waals surface area contributed by atoms with Crippen LogP contribution < -0.4 is 4.90 Å². The van der Waals surface area contributed by atoms with Gasteiger partial charge < -0.3 is 9.80 Å². The maximum atomic E-state index is 12.7. The van der Waals surface area contributed by atoms with E-state index < -0.39 is 11.7 Å². The van der Waals surface area contributed by atoms with Crippen molar-refractivity contribution in [1.29, 1.82) is 0 Å². The van der Waals surface area contributed by atoms with Gasteiger partial charge in [-0.3, -0.25) is 4.90 Å². The van der Waals surface area contributed by atoms with Crippen LogP contribution in [0, 0.1) is 0 Å². The van der Waals surface area contributed by atoms with Gasteiger partial charge in [-0.15, -0.1) is 0 Å². The van der Waals surface area contributed by atoms with Crippen molar-refractivity contribution in [3.63, 3.8) is 0 Å². The highest BCUT2D eigenvalue weighted by Gasteiger charge is 2.34. The summed E-state index contributed by atoms with van der Waals surface area (Å²) < 4.78 is 38.2. The Morgan fingerprint density at radius 2 is 1.92 bits per heavy atom. The predicted molar refractivity (Wildman–Crippen MR) is 88.6 cm³/mol. The Morgan fingerprint density at radius 1 is 1.21 bits per heavy atom. The predicted octanol–water partition coefficient (Wildman–Crippen LogP) is 2.97. The van der Waals surface area contributed by atoms with E-state index in [4.69, 9.17) is 11.6 Å². The fraction of sp³-hybridized carbons (Fsp3) is 0.688. The molecule has 0 N–H and O–H groups in total. The molecule has 1 unspecified atom stereocenters. The largest absolute Gasteiger partial charge is 0.417 e. The number of halogens is 4. The maximum absolute atomic E-state index is 12.7. The third kappa shape index (κ3) is 3.78. The first-order chi connectivity index (χ1) is 11.4. The van der Waals surface area contributed by atoms with Crippen LogP contribution in [-0.4, -0.2) is 66.6 Å². The molecule has 0 spiro atoms. The van der Waals surface area contributed by atoms with Gasteiger partial charge in [0.2, 0.25) is 0 Å². The zero-order valence-electron chi connectivity index (χ0n) is 13.7. The molecule has 0 bridgehead atoms. The van der Waals surface area contributed by atoms with Crippen LogP contribution in [0.4, 0.5) is 19.0 Å². The number of hydrogen-bond donors (Lipinski definition) is 0. The average Bonchev–Trinajstić information content (AvgIpc) is 3.03. The highest BCUT2D eigenvalue weighted by molar-refractivity contribution is 6.33. The van der Waals surface area contributed by atoms with Crippen LogP contribution in [0.1, 0.15) is 18.9 Å². The van der Waals surface area contributed by atoms with Gasteiger partial charge in [0.25, 0.3) is 0 Å². The van der Waals surface area contributed by atoms with Crippen LogP contribution >= 0.6 is 11.6 Å². The van der Waals surface area contributed by atoms with E-state index in [1.807, 2.05) is 4.90 Å². The summed E-state index contributed by atoms with van der Waals surface area (Å²) in [4.78, 5) is 10.9. The standard InChI is InChI=1S/C16H22ClF3N4/c1-2-22-5-7-23(8-6-22)13-3-4-24(11-13)15-14(17)9-12(10-21-15)16(18,19)20/h9-10,13H,2-8,11H2,1H3. The van der Waals surface area contributed by atoms with Gasteiger partial charge in [0.15, 0.2) is 0 Å². The molecule has 8 heteroatoms. The second-order valence-electron chi connectivity index (χ2n) is 6.39. The van der Waals surface area contributed by atoms with Crippen molar-refractivity contribution >= 4 is 17.4 Å². The smallest absolute Gasteiger partial charge is 0.354 e. The Bertz CT molecular complexity index is 573. The van der Waals surface area contributed by atoms with Crippen LogP contribution in [-0.2, 0) is 6.18 Å². The fourth-order valence-corrected chi connectivity index (χ4v) is 3.78. The third-order valence-electron chi connectivity index (χ3n) is 4.98. The van der Waals surface area contributed by atoms with Crippen LogP contribution in [0.3, 0.4) is 0 Å². The number of anilines is 1. The molecule has 2 aliphatic rings. The molecule has 2 aliphatic heterocycles. The number of piperazine rings is 1. The Morgan fingerprint density at radius 3 is 2.50 bits per heavy atom. The Balaban J connectivity index is 1.64. The number of aromatic nitrogens is 1. The van der Waals surface area contributed by atoms with Crippen molar-refractivity contribution in [2.24, 2.45) is 0 Å². The SMILES string of the molecule is CCN1CCN(C2CCN(c3ncc(C(F)(F)F)cc3Cl)C2)CC1. The monoisotopic (exact) mass is 362 g/mol. The number of likely N-dealkylation sites (N-methyl/N-ethyl adjacent to an activating group) is 1.